The molecule has 26 heavy (non-hydrogen) atoms. The molecule has 0 fully saturated rings. The van der Waals surface area contributed by atoms with Crippen molar-refractivity contribution in [2.24, 2.45) is 0 Å². The molecule has 6 nitrogen and oxygen atoms in total. The molecule has 1 amide bonds. The summed E-state index contributed by atoms with van der Waals surface area (Å²) in [5, 5.41) is 8.21. The standard InChI is InChI=1S/C20H19N5O/c1-2-25-16(7-12-24-25)13-23-20(26)15-5-3-14(4-6-15)19-17-8-10-21-18(17)9-11-22-19/h3-12,21H,2,13H2,1H3,(H,23,26). The molecule has 0 radical (unpaired) electrons. The zero-order valence-electron chi connectivity index (χ0n) is 14.4. The molecule has 0 unspecified atom stereocenters. The van der Waals surface area contributed by atoms with Gasteiger partial charge in [0.25, 0.3) is 5.91 Å². The highest BCUT2D eigenvalue weighted by molar-refractivity contribution is 5.96. The lowest BCUT2D eigenvalue weighted by Crippen LogP contribution is -2.24. The number of fused-ring (bicyclic) bond motifs is 1. The van der Waals surface area contributed by atoms with Crippen LogP contribution >= 0.6 is 0 Å². The lowest BCUT2D eigenvalue weighted by molar-refractivity contribution is 0.0950. The Balaban J connectivity index is 1.50. The third kappa shape index (κ3) is 2.97. The van der Waals surface area contributed by atoms with Gasteiger partial charge in [0.2, 0.25) is 0 Å². The van der Waals surface area contributed by atoms with Crippen LogP contribution in [0.2, 0.25) is 0 Å². The second kappa shape index (κ2) is 6.84. The first-order valence-corrected chi connectivity index (χ1v) is 8.57. The van der Waals surface area contributed by atoms with E-state index in [0.29, 0.717) is 12.1 Å². The van der Waals surface area contributed by atoms with E-state index in [4.69, 9.17) is 0 Å². The number of nitrogens with zero attached hydrogens (tertiary/aromatic N) is 3. The molecule has 2 N–H and O–H groups in total. The van der Waals surface area contributed by atoms with Crippen LogP contribution in [0.25, 0.3) is 22.2 Å². The van der Waals surface area contributed by atoms with Gasteiger partial charge in [-0.15, -0.1) is 0 Å². The van der Waals surface area contributed by atoms with E-state index in [-0.39, 0.29) is 5.91 Å². The number of nitrogens with one attached hydrogen (secondary N) is 2. The molecular weight excluding hydrogens is 326 g/mol. The highest BCUT2D eigenvalue weighted by atomic mass is 16.1. The quantitative estimate of drug-likeness (QED) is 0.582. The molecule has 0 saturated carbocycles. The number of aryl methyl sites for hydroxylation is 1. The van der Waals surface area contributed by atoms with Crippen molar-refractivity contribution >= 4 is 16.8 Å². The van der Waals surface area contributed by atoms with E-state index in [1.807, 2.05) is 60.3 Å². The summed E-state index contributed by atoms with van der Waals surface area (Å²) in [7, 11) is 0. The Hall–Kier alpha value is -3.41. The number of amides is 1. The number of aromatic nitrogens is 4. The van der Waals surface area contributed by atoms with Crippen molar-refractivity contribution in [1.29, 1.82) is 0 Å². The summed E-state index contributed by atoms with van der Waals surface area (Å²) >= 11 is 0. The predicted octanol–water partition coefficient (Wildman–Crippen LogP) is 3.38. The van der Waals surface area contributed by atoms with E-state index in [1.54, 1.807) is 12.4 Å². The van der Waals surface area contributed by atoms with Crippen molar-refractivity contribution in [3.8, 4) is 11.3 Å². The van der Waals surface area contributed by atoms with Gasteiger partial charge in [0, 0.05) is 47.2 Å². The molecule has 0 aliphatic heterocycles. The summed E-state index contributed by atoms with van der Waals surface area (Å²) in [6, 6.07) is 13.4. The Bertz CT molecular complexity index is 1050. The number of pyridine rings is 1. The number of hydrogen-bond acceptors (Lipinski definition) is 3. The maximum absolute atomic E-state index is 12.4. The van der Waals surface area contributed by atoms with Crippen LogP contribution in [0.3, 0.4) is 0 Å². The van der Waals surface area contributed by atoms with E-state index in [0.717, 1.165) is 34.4 Å². The minimum atomic E-state index is -0.104. The molecule has 3 aromatic heterocycles. The first kappa shape index (κ1) is 16.1. The van der Waals surface area contributed by atoms with Crippen molar-refractivity contribution in [2.75, 3.05) is 0 Å². The van der Waals surface area contributed by atoms with Gasteiger partial charge in [0.1, 0.15) is 0 Å². The molecule has 4 rings (SSSR count). The molecular formula is C20H19N5O. The number of carbonyl (C=O) groups excluding carboxylic acids is 1. The van der Waals surface area contributed by atoms with Gasteiger partial charge in [-0.1, -0.05) is 12.1 Å². The van der Waals surface area contributed by atoms with Crippen LogP contribution in [0, 0.1) is 0 Å². The minimum Gasteiger partial charge on any atom is -0.361 e. The van der Waals surface area contributed by atoms with Crippen molar-refractivity contribution < 1.29 is 4.79 Å². The molecule has 0 aliphatic rings. The zero-order valence-corrected chi connectivity index (χ0v) is 14.4. The molecule has 3 heterocycles. The van der Waals surface area contributed by atoms with Crippen LogP contribution in [-0.4, -0.2) is 25.7 Å². The lowest BCUT2D eigenvalue weighted by atomic mass is 10.1. The van der Waals surface area contributed by atoms with Crippen LogP contribution in [0.15, 0.2) is 61.1 Å². The average molecular weight is 345 g/mol. The van der Waals surface area contributed by atoms with Gasteiger partial charge in [0.15, 0.2) is 0 Å². The highest BCUT2D eigenvalue weighted by Crippen LogP contribution is 2.25. The highest BCUT2D eigenvalue weighted by Gasteiger charge is 2.10. The number of benzene rings is 1. The van der Waals surface area contributed by atoms with Crippen LogP contribution in [-0.2, 0) is 13.1 Å². The maximum Gasteiger partial charge on any atom is 0.251 e. The van der Waals surface area contributed by atoms with Crippen LogP contribution < -0.4 is 5.32 Å². The zero-order chi connectivity index (χ0) is 17.9. The average Bonchev–Trinajstić information content (AvgIpc) is 3.34. The van der Waals surface area contributed by atoms with Crippen LogP contribution in [0.1, 0.15) is 23.0 Å². The summed E-state index contributed by atoms with van der Waals surface area (Å²) < 4.78 is 1.87. The number of aromatic amines is 1. The second-order valence-corrected chi connectivity index (χ2v) is 6.00. The molecule has 1 aromatic carbocycles. The van der Waals surface area contributed by atoms with Crippen molar-refractivity contribution in [1.82, 2.24) is 25.1 Å². The van der Waals surface area contributed by atoms with E-state index < -0.39 is 0 Å². The summed E-state index contributed by atoms with van der Waals surface area (Å²) in [5.74, 6) is -0.104. The van der Waals surface area contributed by atoms with Gasteiger partial charge >= 0.3 is 0 Å². The first-order valence-electron chi connectivity index (χ1n) is 8.57. The lowest BCUT2D eigenvalue weighted by Gasteiger charge is -2.08. The number of rotatable bonds is 5. The molecule has 130 valence electrons. The topological polar surface area (TPSA) is 75.6 Å². The normalized spacial score (nSPS) is 11.0. The monoisotopic (exact) mass is 345 g/mol. The second-order valence-electron chi connectivity index (χ2n) is 6.00. The number of hydrogen-bond donors (Lipinski definition) is 2. The summed E-state index contributed by atoms with van der Waals surface area (Å²) in [4.78, 5) is 20.1. The molecule has 0 atom stereocenters. The van der Waals surface area contributed by atoms with E-state index in [1.165, 1.54) is 0 Å². The molecule has 0 spiro atoms. The molecule has 0 saturated heterocycles. The number of H-pyrrole nitrogens is 1. The fourth-order valence-electron chi connectivity index (χ4n) is 3.06. The largest absolute Gasteiger partial charge is 0.361 e. The predicted molar refractivity (Wildman–Crippen MR) is 101 cm³/mol. The van der Waals surface area contributed by atoms with Gasteiger partial charge < -0.3 is 10.3 Å². The first-order chi connectivity index (χ1) is 12.8. The Labute approximate surface area is 150 Å². The van der Waals surface area contributed by atoms with E-state index >= 15 is 0 Å². The third-order valence-corrected chi connectivity index (χ3v) is 4.43. The van der Waals surface area contributed by atoms with Crippen molar-refractivity contribution in [3.05, 3.63) is 72.3 Å². The van der Waals surface area contributed by atoms with Gasteiger partial charge in [0.05, 0.1) is 17.9 Å². The Morgan fingerprint density at radius 1 is 1.12 bits per heavy atom. The smallest absolute Gasteiger partial charge is 0.251 e. The third-order valence-electron chi connectivity index (χ3n) is 4.43. The van der Waals surface area contributed by atoms with Crippen molar-refractivity contribution in [3.63, 3.8) is 0 Å². The SMILES string of the molecule is CCn1nccc1CNC(=O)c1ccc(-c2nccc3[nH]ccc23)cc1. The molecule has 4 aromatic rings. The fraction of sp³-hybridized carbons (Fsp3) is 0.150. The Morgan fingerprint density at radius 2 is 1.96 bits per heavy atom. The van der Waals surface area contributed by atoms with Gasteiger partial charge in [-0.3, -0.25) is 14.5 Å². The maximum atomic E-state index is 12.4. The number of carbonyl (C=O) groups is 1. The Kier molecular flexibility index (Phi) is 4.23. The molecule has 0 aliphatic carbocycles. The summed E-state index contributed by atoms with van der Waals surface area (Å²) in [5.41, 5.74) is 4.54. The van der Waals surface area contributed by atoms with E-state index in [2.05, 4.69) is 20.4 Å². The van der Waals surface area contributed by atoms with Crippen molar-refractivity contribution in [2.45, 2.75) is 20.0 Å². The van der Waals surface area contributed by atoms with Crippen LogP contribution in [0.5, 0.6) is 0 Å². The summed E-state index contributed by atoms with van der Waals surface area (Å²) in [6.45, 7) is 3.26. The minimum absolute atomic E-state index is 0.104. The van der Waals surface area contributed by atoms with Gasteiger partial charge in [-0.05, 0) is 37.3 Å². The Morgan fingerprint density at radius 3 is 2.77 bits per heavy atom. The fourth-order valence-corrected chi connectivity index (χ4v) is 3.06. The van der Waals surface area contributed by atoms with Gasteiger partial charge in [-0.2, -0.15) is 5.10 Å². The van der Waals surface area contributed by atoms with Gasteiger partial charge in [-0.25, -0.2) is 0 Å². The van der Waals surface area contributed by atoms with Crippen LogP contribution in [0.4, 0.5) is 0 Å². The molecule has 0 bridgehead atoms. The summed E-state index contributed by atoms with van der Waals surface area (Å²) in [6.07, 6.45) is 5.43. The molecule has 6 heteroatoms. The van der Waals surface area contributed by atoms with E-state index in [9.17, 15) is 4.79 Å².